The Morgan fingerprint density at radius 1 is 1.57 bits per heavy atom. The highest BCUT2D eigenvalue weighted by molar-refractivity contribution is 6.05. The van der Waals surface area contributed by atoms with Gasteiger partial charge in [0.15, 0.2) is 5.69 Å². The number of hydrogen-bond acceptors (Lipinski definition) is 3. The van der Waals surface area contributed by atoms with Crippen molar-refractivity contribution >= 4 is 16.8 Å². The van der Waals surface area contributed by atoms with E-state index in [0.29, 0.717) is 12.1 Å². The van der Waals surface area contributed by atoms with Crippen LogP contribution in [0.4, 0.5) is 0 Å². The van der Waals surface area contributed by atoms with Crippen LogP contribution in [-0.2, 0) is 0 Å². The topological polar surface area (TPSA) is 69.2 Å². The van der Waals surface area contributed by atoms with Gasteiger partial charge < -0.3 is 10.0 Å². The number of nitrogens with one attached hydrogen (secondary N) is 1. The Hall–Kier alpha value is -1.88. The number of nitrogens with zero attached hydrogens (tertiary/aromatic N) is 2. The minimum absolute atomic E-state index is 0.0324. The summed E-state index contributed by atoms with van der Waals surface area (Å²) in [7, 11) is 0. The molecule has 0 radical (unpaired) electrons. The summed E-state index contributed by atoms with van der Waals surface area (Å²) < 4.78 is 0. The van der Waals surface area contributed by atoms with Gasteiger partial charge in [-0.3, -0.25) is 9.89 Å². The third kappa shape index (κ3) is 2.65. The first-order valence-electron chi connectivity index (χ1n) is 7.50. The fourth-order valence-corrected chi connectivity index (χ4v) is 3.17. The summed E-state index contributed by atoms with van der Waals surface area (Å²) in [6.45, 7) is 4.53. The van der Waals surface area contributed by atoms with Crippen LogP contribution in [-0.4, -0.2) is 44.8 Å². The lowest BCUT2D eigenvalue weighted by molar-refractivity contribution is 0.0678. The molecule has 5 heteroatoms. The predicted octanol–water partition coefficient (Wildman–Crippen LogP) is 2.25. The molecular formula is C16H21N3O2. The lowest BCUT2D eigenvalue weighted by atomic mass is 10.1. The first kappa shape index (κ1) is 14.1. The van der Waals surface area contributed by atoms with Crippen LogP contribution in [0.1, 0.15) is 42.2 Å². The van der Waals surface area contributed by atoms with Crippen molar-refractivity contribution in [2.45, 2.75) is 45.3 Å². The van der Waals surface area contributed by atoms with E-state index in [4.69, 9.17) is 0 Å². The van der Waals surface area contributed by atoms with Crippen LogP contribution in [0, 0.1) is 6.92 Å². The summed E-state index contributed by atoms with van der Waals surface area (Å²) in [5.41, 5.74) is 2.49. The minimum atomic E-state index is -0.387. The van der Waals surface area contributed by atoms with Gasteiger partial charge in [-0.15, -0.1) is 0 Å². The number of fused-ring (bicyclic) bond motifs is 1. The molecule has 1 saturated heterocycles. The van der Waals surface area contributed by atoms with Gasteiger partial charge in [0, 0.05) is 18.0 Å². The molecule has 2 aromatic rings. The zero-order chi connectivity index (χ0) is 15.0. The van der Waals surface area contributed by atoms with Gasteiger partial charge in [-0.1, -0.05) is 11.6 Å². The number of rotatable bonds is 3. The maximum atomic E-state index is 12.8. The van der Waals surface area contributed by atoms with Crippen molar-refractivity contribution in [3.05, 3.63) is 29.5 Å². The van der Waals surface area contributed by atoms with E-state index in [9.17, 15) is 9.90 Å². The average Bonchev–Trinajstić information content (AvgIpc) is 3.03. The molecule has 2 unspecified atom stereocenters. The summed E-state index contributed by atoms with van der Waals surface area (Å²) in [5, 5.41) is 17.6. The Labute approximate surface area is 124 Å². The van der Waals surface area contributed by atoms with E-state index in [1.54, 1.807) is 6.92 Å². The van der Waals surface area contributed by atoms with Crippen LogP contribution in [0.3, 0.4) is 0 Å². The van der Waals surface area contributed by atoms with Crippen LogP contribution in [0.2, 0.25) is 0 Å². The number of likely N-dealkylation sites (tertiary alicyclic amines) is 1. The van der Waals surface area contributed by atoms with E-state index in [1.807, 2.05) is 30.0 Å². The molecule has 0 saturated carbocycles. The number of aryl methyl sites for hydroxylation is 1. The number of aromatic nitrogens is 2. The molecule has 1 aromatic heterocycles. The van der Waals surface area contributed by atoms with E-state index >= 15 is 0 Å². The number of benzene rings is 1. The van der Waals surface area contributed by atoms with Crippen molar-refractivity contribution in [1.82, 2.24) is 15.1 Å². The van der Waals surface area contributed by atoms with Gasteiger partial charge in [0.05, 0.1) is 11.6 Å². The van der Waals surface area contributed by atoms with Crippen molar-refractivity contribution in [2.75, 3.05) is 6.54 Å². The van der Waals surface area contributed by atoms with Crippen molar-refractivity contribution in [2.24, 2.45) is 0 Å². The van der Waals surface area contributed by atoms with Crippen LogP contribution in [0.25, 0.3) is 10.9 Å². The molecule has 1 fully saturated rings. The first-order valence-corrected chi connectivity index (χ1v) is 7.50. The Kier molecular flexibility index (Phi) is 3.68. The Morgan fingerprint density at radius 3 is 3.14 bits per heavy atom. The third-order valence-corrected chi connectivity index (χ3v) is 4.17. The van der Waals surface area contributed by atoms with Crippen molar-refractivity contribution in [3.63, 3.8) is 0 Å². The molecule has 0 aliphatic carbocycles. The highest BCUT2D eigenvalue weighted by atomic mass is 16.3. The highest BCUT2D eigenvalue weighted by Crippen LogP contribution is 2.26. The number of carbonyl (C=O) groups is 1. The largest absolute Gasteiger partial charge is 0.393 e. The fourth-order valence-electron chi connectivity index (χ4n) is 3.17. The van der Waals surface area contributed by atoms with Crippen LogP contribution in [0.15, 0.2) is 18.2 Å². The van der Waals surface area contributed by atoms with Crippen molar-refractivity contribution in [1.29, 1.82) is 0 Å². The molecule has 2 heterocycles. The third-order valence-electron chi connectivity index (χ3n) is 4.17. The quantitative estimate of drug-likeness (QED) is 0.909. The monoisotopic (exact) mass is 287 g/mol. The second kappa shape index (κ2) is 5.48. The molecule has 112 valence electrons. The number of amides is 1. The van der Waals surface area contributed by atoms with Crippen LogP contribution >= 0.6 is 0 Å². The molecule has 0 bridgehead atoms. The van der Waals surface area contributed by atoms with E-state index in [-0.39, 0.29) is 18.1 Å². The minimum Gasteiger partial charge on any atom is -0.393 e. The number of hydrogen-bond donors (Lipinski definition) is 2. The normalized spacial score (nSPS) is 20.1. The summed E-state index contributed by atoms with van der Waals surface area (Å²) in [6.07, 6.45) is 2.19. The summed E-state index contributed by atoms with van der Waals surface area (Å²) >= 11 is 0. The molecule has 5 nitrogen and oxygen atoms in total. The molecule has 1 aliphatic rings. The number of carbonyl (C=O) groups excluding carboxylic acids is 1. The van der Waals surface area contributed by atoms with E-state index in [0.717, 1.165) is 35.9 Å². The maximum absolute atomic E-state index is 12.8. The lowest BCUT2D eigenvalue weighted by Gasteiger charge is -2.25. The second-order valence-corrected chi connectivity index (χ2v) is 6.00. The number of aliphatic hydroxyl groups excluding tert-OH is 1. The predicted molar refractivity (Wildman–Crippen MR) is 81.2 cm³/mol. The zero-order valence-corrected chi connectivity index (χ0v) is 12.5. The molecule has 1 aromatic carbocycles. The highest BCUT2D eigenvalue weighted by Gasteiger charge is 2.32. The molecule has 1 amide bonds. The van der Waals surface area contributed by atoms with Crippen LogP contribution in [0.5, 0.6) is 0 Å². The smallest absolute Gasteiger partial charge is 0.275 e. The zero-order valence-electron chi connectivity index (χ0n) is 12.5. The Bertz CT molecular complexity index is 663. The Balaban J connectivity index is 1.91. The summed E-state index contributed by atoms with van der Waals surface area (Å²) in [4.78, 5) is 14.7. The van der Waals surface area contributed by atoms with Gasteiger partial charge in [-0.05, 0) is 45.2 Å². The summed E-state index contributed by atoms with van der Waals surface area (Å²) in [5.74, 6) is -0.0324. The molecule has 1 aliphatic heterocycles. The number of H-pyrrole nitrogens is 1. The van der Waals surface area contributed by atoms with Crippen LogP contribution < -0.4 is 0 Å². The van der Waals surface area contributed by atoms with Gasteiger partial charge >= 0.3 is 0 Å². The Morgan fingerprint density at radius 2 is 2.38 bits per heavy atom. The van der Waals surface area contributed by atoms with Crippen molar-refractivity contribution < 1.29 is 9.90 Å². The number of aliphatic hydroxyl groups is 1. The van der Waals surface area contributed by atoms with E-state index in [1.165, 1.54) is 0 Å². The molecular weight excluding hydrogens is 266 g/mol. The van der Waals surface area contributed by atoms with Gasteiger partial charge in [0.1, 0.15) is 0 Å². The van der Waals surface area contributed by atoms with E-state index < -0.39 is 0 Å². The van der Waals surface area contributed by atoms with Gasteiger partial charge in [0.25, 0.3) is 5.91 Å². The SMILES string of the molecule is Cc1ccc2[nH]nc(C(=O)N3CCCC3CC(C)O)c2c1. The van der Waals surface area contributed by atoms with Gasteiger partial charge in [0.2, 0.25) is 0 Å². The maximum Gasteiger partial charge on any atom is 0.275 e. The molecule has 0 spiro atoms. The molecule has 3 rings (SSSR count). The van der Waals surface area contributed by atoms with Gasteiger partial charge in [-0.2, -0.15) is 5.10 Å². The standard InChI is InChI=1S/C16H21N3O2/c1-10-5-6-14-13(8-10)15(18-17-14)16(21)19-7-3-4-12(19)9-11(2)20/h5-6,8,11-12,20H,3-4,7,9H2,1-2H3,(H,17,18). The average molecular weight is 287 g/mol. The molecule has 2 N–H and O–H groups in total. The molecule has 21 heavy (non-hydrogen) atoms. The number of aromatic amines is 1. The van der Waals surface area contributed by atoms with Gasteiger partial charge in [-0.25, -0.2) is 0 Å². The van der Waals surface area contributed by atoms with E-state index in [2.05, 4.69) is 10.2 Å². The van der Waals surface area contributed by atoms with Crippen molar-refractivity contribution in [3.8, 4) is 0 Å². The fraction of sp³-hybridized carbons (Fsp3) is 0.500. The first-order chi connectivity index (χ1) is 10.1. The lowest BCUT2D eigenvalue weighted by Crippen LogP contribution is -2.37. The molecule has 2 atom stereocenters. The summed E-state index contributed by atoms with van der Waals surface area (Å²) in [6, 6.07) is 6.06. The second-order valence-electron chi connectivity index (χ2n) is 6.00.